The van der Waals surface area contributed by atoms with Crippen LogP contribution in [0.15, 0.2) is 0 Å². The zero-order chi connectivity index (χ0) is 27.1. The number of amides is 3. The molecule has 0 aromatic rings. The third-order valence-corrected chi connectivity index (χ3v) is 7.37. The van der Waals surface area contributed by atoms with E-state index in [1.807, 2.05) is 27.7 Å². The maximum absolute atomic E-state index is 13.6. The van der Waals surface area contributed by atoms with Crippen molar-refractivity contribution in [3.05, 3.63) is 0 Å². The minimum Gasteiger partial charge on any atom is -0.351 e. The highest BCUT2D eigenvalue weighted by Crippen LogP contribution is 2.37. The van der Waals surface area contributed by atoms with Crippen molar-refractivity contribution in [1.29, 1.82) is 0 Å². The zero-order valence-corrected chi connectivity index (χ0v) is 23.8. The van der Waals surface area contributed by atoms with Crippen LogP contribution < -0.4 is 16.0 Å². The lowest BCUT2D eigenvalue weighted by Crippen LogP contribution is -2.57. The maximum atomic E-state index is 13.6. The average molecular weight is 508 g/mol. The van der Waals surface area contributed by atoms with Crippen LogP contribution in [0.2, 0.25) is 0 Å². The van der Waals surface area contributed by atoms with Crippen LogP contribution >= 0.6 is 0 Å². The van der Waals surface area contributed by atoms with Gasteiger partial charge in [0.05, 0.1) is 0 Å². The summed E-state index contributed by atoms with van der Waals surface area (Å²) in [6, 6.07) is -1.64. The van der Waals surface area contributed by atoms with Gasteiger partial charge in [-0.1, -0.05) is 86.0 Å². The molecule has 7 nitrogen and oxygen atoms in total. The summed E-state index contributed by atoms with van der Waals surface area (Å²) in [6.45, 7) is 11.5. The van der Waals surface area contributed by atoms with Crippen LogP contribution in [0.5, 0.6) is 0 Å². The number of carbonyl (C=O) groups is 4. The minimum atomic E-state index is -0.718. The molecular weight excluding hydrogens is 454 g/mol. The van der Waals surface area contributed by atoms with E-state index in [-0.39, 0.29) is 35.6 Å². The van der Waals surface area contributed by atoms with E-state index >= 15 is 0 Å². The summed E-state index contributed by atoms with van der Waals surface area (Å²) in [5.41, 5.74) is -0.558. The van der Waals surface area contributed by atoms with E-state index in [0.717, 1.165) is 64.1 Å². The second-order valence-corrected chi connectivity index (χ2v) is 11.7. The SMILES string of the molecule is CCCC[C@H](NC(=O)[C@H](CC(C)C)NC(=O)[C@H](CC(C)C)NC(C)=O)C1(C=O)CCCCCCCC1. The largest absolute Gasteiger partial charge is 0.351 e. The Balaban J connectivity index is 3.14. The summed E-state index contributed by atoms with van der Waals surface area (Å²) < 4.78 is 0. The molecule has 0 radical (unpaired) electrons. The summed E-state index contributed by atoms with van der Waals surface area (Å²) in [5, 5.41) is 8.91. The Labute approximate surface area is 219 Å². The Morgan fingerprint density at radius 2 is 1.25 bits per heavy atom. The molecule has 0 saturated heterocycles. The van der Waals surface area contributed by atoms with Crippen LogP contribution in [0.3, 0.4) is 0 Å². The van der Waals surface area contributed by atoms with Crippen molar-refractivity contribution < 1.29 is 19.2 Å². The molecule has 1 aliphatic carbocycles. The molecule has 0 aromatic heterocycles. The standard InChI is InChI=1S/C29H53N3O4/c1-7-8-15-26(29(20-33)16-13-11-9-10-12-14-17-29)32-28(36)25(19-22(4)5)31-27(35)24(18-21(2)3)30-23(6)34/h20-22,24-26H,7-19H2,1-6H3,(H,30,34)(H,31,35)(H,32,36)/t24-,25-,26-/m0/s1. The van der Waals surface area contributed by atoms with Crippen molar-refractivity contribution in [3.63, 3.8) is 0 Å². The molecule has 1 rings (SSSR count). The summed E-state index contributed by atoms with van der Waals surface area (Å²) in [4.78, 5) is 51.1. The predicted molar refractivity (Wildman–Crippen MR) is 145 cm³/mol. The zero-order valence-electron chi connectivity index (χ0n) is 23.8. The van der Waals surface area contributed by atoms with Gasteiger partial charge in [-0.25, -0.2) is 0 Å². The van der Waals surface area contributed by atoms with Crippen LogP contribution in [0.1, 0.15) is 125 Å². The Kier molecular flexibility index (Phi) is 14.9. The summed E-state index contributed by atoms with van der Waals surface area (Å²) in [5.74, 6) is -0.445. The highest BCUT2D eigenvalue weighted by molar-refractivity contribution is 5.92. The number of aldehydes is 1. The van der Waals surface area contributed by atoms with E-state index < -0.39 is 17.5 Å². The Hall–Kier alpha value is -1.92. The molecular formula is C29H53N3O4. The van der Waals surface area contributed by atoms with Gasteiger partial charge in [-0.05, 0) is 43.9 Å². The first-order valence-electron chi connectivity index (χ1n) is 14.4. The number of carbonyl (C=O) groups excluding carboxylic acids is 4. The molecule has 1 fully saturated rings. The quantitative estimate of drug-likeness (QED) is 0.286. The molecule has 0 unspecified atom stereocenters. The first-order valence-corrected chi connectivity index (χ1v) is 14.4. The van der Waals surface area contributed by atoms with Gasteiger partial charge in [0.2, 0.25) is 17.7 Å². The van der Waals surface area contributed by atoms with Crippen LogP contribution in [0.4, 0.5) is 0 Å². The van der Waals surface area contributed by atoms with Crippen molar-refractivity contribution >= 4 is 24.0 Å². The molecule has 36 heavy (non-hydrogen) atoms. The molecule has 1 aliphatic rings. The second-order valence-electron chi connectivity index (χ2n) is 11.7. The number of rotatable bonds is 14. The Bertz CT molecular complexity index is 682. The number of unbranched alkanes of at least 4 members (excludes halogenated alkanes) is 1. The number of hydrogen-bond donors (Lipinski definition) is 3. The highest BCUT2D eigenvalue weighted by Gasteiger charge is 2.40. The molecule has 0 aromatic carbocycles. The van der Waals surface area contributed by atoms with Crippen LogP contribution in [-0.4, -0.2) is 42.1 Å². The van der Waals surface area contributed by atoms with Gasteiger partial charge in [-0.3, -0.25) is 14.4 Å². The van der Waals surface area contributed by atoms with Gasteiger partial charge >= 0.3 is 0 Å². The van der Waals surface area contributed by atoms with E-state index in [1.165, 1.54) is 19.8 Å². The van der Waals surface area contributed by atoms with Gasteiger partial charge in [0.25, 0.3) is 0 Å². The van der Waals surface area contributed by atoms with Gasteiger partial charge < -0.3 is 20.7 Å². The van der Waals surface area contributed by atoms with E-state index in [4.69, 9.17) is 0 Å². The molecule has 208 valence electrons. The number of hydrogen-bond acceptors (Lipinski definition) is 4. The third-order valence-electron chi connectivity index (χ3n) is 7.37. The normalized spacial score (nSPS) is 18.8. The summed E-state index contributed by atoms with van der Waals surface area (Å²) >= 11 is 0. The Morgan fingerprint density at radius 3 is 1.69 bits per heavy atom. The molecule has 1 saturated carbocycles. The maximum Gasteiger partial charge on any atom is 0.243 e. The van der Waals surface area contributed by atoms with E-state index in [1.54, 1.807) is 0 Å². The minimum absolute atomic E-state index is 0.185. The van der Waals surface area contributed by atoms with Gasteiger partial charge in [0, 0.05) is 18.4 Å². The first kappa shape index (κ1) is 32.1. The van der Waals surface area contributed by atoms with Gasteiger partial charge in [0.1, 0.15) is 18.4 Å². The van der Waals surface area contributed by atoms with Crippen molar-refractivity contribution in [2.75, 3.05) is 0 Å². The van der Waals surface area contributed by atoms with Crippen molar-refractivity contribution in [2.45, 2.75) is 143 Å². The molecule has 3 amide bonds. The fraction of sp³-hybridized carbons (Fsp3) is 0.862. The number of nitrogens with one attached hydrogen (secondary N) is 3. The molecule has 0 heterocycles. The first-order chi connectivity index (χ1) is 17.0. The van der Waals surface area contributed by atoms with Crippen molar-refractivity contribution in [3.8, 4) is 0 Å². The van der Waals surface area contributed by atoms with Gasteiger partial charge in [-0.15, -0.1) is 0 Å². The Morgan fingerprint density at radius 1 is 0.778 bits per heavy atom. The lowest BCUT2D eigenvalue weighted by atomic mass is 9.72. The third kappa shape index (κ3) is 11.4. The summed E-state index contributed by atoms with van der Waals surface area (Å²) in [6.07, 6.45) is 13.0. The molecule has 0 aliphatic heterocycles. The fourth-order valence-electron chi connectivity index (χ4n) is 5.40. The van der Waals surface area contributed by atoms with Crippen LogP contribution in [0, 0.1) is 17.3 Å². The predicted octanol–water partition coefficient (Wildman–Crippen LogP) is 5.06. The lowest BCUT2D eigenvalue weighted by Gasteiger charge is -2.38. The van der Waals surface area contributed by atoms with Gasteiger partial charge in [-0.2, -0.15) is 0 Å². The highest BCUT2D eigenvalue weighted by atomic mass is 16.2. The topological polar surface area (TPSA) is 104 Å². The smallest absolute Gasteiger partial charge is 0.243 e. The lowest BCUT2D eigenvalue weighted by molar-refractivity contribution is -0.133. The molecule has 7 heteroatoms. The van der Waals surface area contributed by atoms with E-state index in [0.29, 0.717) is 12.8 Å². The molecule has 0 spiro atoms. The second kappa shape index (κ2) is 16.8. The van der Waals surface area contributed by atoms with Crippen LogP contribution in [-0.2, 0) is 19.2 Å². The van der Waals surface area contributed by atoms with E-state index in [9.17, 15) is 19.2 Å². The van der Waals surface area contributed by atoms with Crippen LogP contribution in [0.25, 0.3) is 0 Å². The van der Waals surface area contributed by atoms with E-state index in [2.05, 4.69) is 22.9 Å². The summed E-state index contributed by atoms with van der Waals surface area (Å²) in [7, 11) is 0. The molecule has 0 bridgehead atoms. The monoisotopic (exact) mass is 507 g/mol. The fourth-order valence-corrected chi connectivity index (χ4v) is 5.40. The molecule has 3 N–H and O–H groups in total. The average Bonchev–Trinajstić information content (AvgIpc) is 2.92. The van der Waals surface area contributed by atoms with Crippen molar-refractivity contribution in [2.24, 2.45) is 17.3 Å². The molecule has 3 atom stereocenters. The van der Waals surface area contributed by atoms with Crippen molar-refractivity contribution in [1.82, 2.24) is 16.0 Å². The van der Waals surface area contributed by atoms with Gasteiger partial charge in [0.15, 0.2) is 0 Å².